The van der Waals surface area contributed by atoms with Crippen molar-refractivity contribution in [3.8, 4) is 0 Å². The number of hydrogen-bond acceptors (Lipinski definition) is 2. The number of hydrogen-bond donors (Lipinski definition) is 0. The van der Waals surface area contributed by atoms with Gasteiger partial charge in [0.2, 0.25) is 0 Å². The lowest BCUT2D eigenvalue weighted by Gasteiger charge is -2.58. The van der Waals surface area contributed by atoms with Crippen LogP contribution in [0.3, 0.4) is 0 Å². The van der Waals surface area contributed by atoms with E-state index in [0.717, 1.165) is 48.3 Å². The summed E-state index contributed by atoms with van der Waals surface area (Å²) < 4.78 is 5.98. The van der Waals surface area contributed by atoms with Crippen molar-refractivity contribution < 1.29 is 9.53 Å². The van der Waals surface area contributed by atoms with Gasteiger partial charge in [-0.1, -0.05) is 65.5 Å². The first-order valence-electron chi connectivity index (χ1n) is 14.8. The zero-order chi connectivity index (χ0) is 24.9. The Balaban J connectivity index is 1.44. The van der Waals surface area contributed by atoms with Crippen LogP contribution in [0.1, 0.15) is 126 Å². The summed E-state index contributed by atoms with van der Waals surface area (Å²) in [5, 5.41) is 0. The summed E-state index contributed by atoms with van der Waals surface area (Å²) in [6.45, 7) is 18.5. The highest BCUT2D eigenvalue weighted by Crippen LogP contribution is 2.67. The molecule has 0 radical (unpaired) electrons. The van der Waals surface area contributed by atoms with Gasteiger partial charge >= 0.3 is 5.97 Å². The average Bonchev–Trinajstić information content (AvgIpc) is 3.10. The summed E-state index contributed by atoms with van der Waals surface area (Å²) >= 11 is 0. The maximum absolute atomic E-state index is 12.5. The van der Waals surface area contributed by atoms with Crippen molar-refractivity contribution in [2.75, 3.05) is 0 Å². The van der Waals surface area contributed by atoms with Crippen molar-refractivity contribution in [2.45, 2.75) is 132 Å². The fourth-order valence-corrected chi connectivity index (χ4v) is 9.08. The fourth-order valence-electron chi connectivity index (χ4n) is 9.08. The second-order valence-electron chi connectivity index (χ2n) is 14.8. The number of allylic oxidation sites excluding steroid dienone is 1. The Morgan fingerprint density at radius 1 is 1.03 bits per heavy atom. The molecule has 4 unspecified atom stereocenters. The molecule has 4 aliphatic rings. The molecule has 0 amide bonds. The highest BCUT2D eigenvalue weighted by Gasteiger charge is 2.59. The molecule has 3 fully saturated rings. The van der Waals surface area contributed by atoms with Gasteiger partial charge in [-0.15, -0.1) is 0 Å². The quantitative estimate of drug-likeness (QED) is 0.286. The van der Waals surface area contributed by atoms with Gasteiger partial charge in [0.25, 0.3) is 0 Å². The Kier molecular flexibility index (Phi) is 7.41. The van der Waals surface area contributed by atoms with E-state index in [1.54, 1.807) is 5.57 Å². The maximum Gasteiger partial charge on any atom is 0.311 e. The molecule has 2 heteroatoms. The Hall–Kier alpha value is -0.790. The zero-order valence-electron chi connectivity index (χ0n) is 23.7. The van der Waals surface area contributed by atoms with Gasteiger partial charge in [0, 0.05) is 6.42 Å². The van der Waals surface area contributed by atoms with Crippen molar-refractivity contribution in [2.24, 2.45) is 51.8 Å². The highest BCUT2D eigenvalue weighted by atomic mass is 16.5. The van der Waals surface area contributed by atoms with Gasteiger partial charge in [0.05, 0.1) is 5.41 Å². The molecule has 34 heavy (non-hydrogen) atoms. The standard InChI is InChI=1S/C32H54O2/c1-21(2)10-9-11-22(3)26-14-15-27-25-13-12-23-20-24(34-29(33)30(4,5)6)16-18-31(23,7)28(25)17-19-32(26,27)8/h12,21-22,24-28H,9-11,13-20H2,1-8H3/t22-,24?,25?,26-,27?,28?,31+,32-/m1/s1. The average molecular weight is 471 g/mol. The first kappa shape index (κ1) is 26.3. The van der Waals surface area contributed by atoms with E-state index in [1.807, 2.05) is 20.8 Å². The van der Waals surface area contributed by atoms with Crippen molar-refractivity contribution in [1.82, 2.24) is 0 Å². The zero-order valence-corrected chi connectivity index (χ0v) is 23.7. The molecule has 0 bridgehead atoms. The van der Waals surface area contributed by atoms with Gasteiger partial charge in [-0.2, -0.15) is 0 Å². The molecular weight excluding hydrogens is 416 g/mol. The van der Waals surface area contributed by atoms with Crippen LogP contribution < -0.4 is 0 Å². The molecule has 3 saturated carbocycles. The molecule has 0 spiro atoms. The minimum Gasteiger partial charge on any atom is -0.462 e. The van der Waals surface area contributed by atoms with Crippen LogP contribution in [-0.2, 0) is 9.53 Å². The van der Waals surface area contributed by atoms with Crippen LogP contribution in [0.4, 0.5) is 0 Å². The van der Waals surface area contributed by atoms with E-state index in [1.165, 1.54) is 57.8 Å². The molecule has 8 atom stereocenters. The van der Waals surface area contributed by atoms with E-state index in [4.69, 9.17) is 4.74 Å². The molecule has 0 aromatic rings. The number of carbonyl (C=O) groups excluding carboxylic acids is 1. The smallest absolute Gasteiger partial charge is 0.311 e. The molecular formula is C32H54O2. The summed E-state index contributed by atoms with van der Waals surface area (Å²) in [7, 11) is 0. The summed E-state index contributed by atoms with van der Waals surface area (Å²) in [6.07, 6.45) is 17.2. The topological polar surface area (TPSA) is 26.3 Å². The highest BCUT2D eigenvalue weighted by molar-refractivity contribution is 5.75. The number of rotatable bonds is 6. The predicted octanol–water partition coefficient (Wildman–Crippen LogP) is 8.99. The molecule has 0 saturated heterocycles. The summed E-state index contributed by atoms with van der Waals surface area (Å²) in [5.41, 5.74) is 2.09. The molecule has 4 aliphatic carbocycles. The fraction of sp³-hybridized carbons (Fsp3) is 0.906. The normalized spacial score (nSPS) is 40.7. The second-order valence-corrected chi connectivity index (χ2v) is 14.8. The molecule has 0 N–H and O–H groups in total. The molecule has 0 aliphatic heterocycles. The van der Waals surface area contributed by atoms with E-state index in [9.17, 15) is 4.79 Å². The van der Waals surface area contributed by atoms with Gasteiger partial charge in [-0.05, 0) is 112 Å². The van der Waals surface area contributed by atoms with E-state index in [2.05, 4.69) is 40.7 Å². The summed E-state index contributed by atoms with van der Waals surface area (Å²) in [6, 6.07) is 0. The van der Waals surface area contributed by atoms with Crippen molar-refractivity contribution in [1.29, 1.82) is 0 Å². The molecule has 194 valence electrons. The largest absolute Gasteiger partial charge is 0.462 e. The molecule has 0 heterocycles. The summed E-state index contributed by atoms with van der Waals surface area (Å²) in [4.78, 5) is 12.5. The van der Waals surface area contributed by atoms with Crippen molar-refractivity contribution >= 4 is 5.97 Å². The molecule has 0 aromatic heterocycles. The number of ether oxygens (including phenoxy) is 1. The van der Waals surface area contributed by atoms with Crippen LogP contribution in [0.5, 0.6) is 0 Å². The third-order valence-electron chi connectivity index (χ3n) is 11.1. The second kappa shape index (κ2) is 9.59. The van der Waals surface area contributed by atoms with E-state index < -0.39 is 5.41 Å². The third-order valence-corrected chi connectivity index (χ3v) is 11.1. The minimum absolute atomic E-state index is 0.0386. The lowest BCUT2D eigenvalue weighted by Crippen LogP contribution is -2.51. The monoisotopic (exact) mass is 470 g/mol. The Bertz CT molecular complexity index is 772. The first-order chi connectivity index (χ1) is 15.9. The van der Waals surface area contributed by atoms with Crippen molar-refractivity contribution in [3.05, 3.63) is 11.6 Å². The van der Waals surface area contributed by atoms with E-state index in [0.29, 0.717) is 10.8 Å². The van der Waals surface area contributed by atoms with Crippen LogP contribution in [0.15, 0.2) is 11.6 Å². The van der Waals surface area contributed by atoms with E-state index >= 15 is 0 Å². The van der Waals surface area contributed by atoms with Gasteiger partial charge in [0.1, 0.15) is 6.10 Å². The SMILES string of the molecule is CC(C)CCC[C@@H](C)[C@H]1CCC2C3CC=C4CC(OC(=O)C(C)(C)C)CC[C@]4(C)C3CC[C@@]21C. The predicted molar refractivity (Wildman–Crippen MR) is 142 cm³/mol. The lowest BCUT2D eigenvalue weighted by molar-refractivity contribution is -0.161. The van der Waals surface area contributed by atoms with Crippen LogP contribution in [0, 0.1) is 51.8 Å². The van der Waals surface area contributed by atoms with Gasteiger partial charge in [0.15, 0.2) is 0 Å². The van der Waals surface area contributed by atoms with Gasteiger partial charge in [-0.3, -0.25) is 4.79 Å². The molecule has 0 aromatic carbocycles. The van der Waals surface area contributed by atoms with Crippen molar-refractivity contribution in [3.63, 3.8) is 0 Å². The van der Waals surface area contributed by atoms with Gasteiger partial charge < -0.3 is 4.74 Å². The Morgan fingerprint density at radius 3 is 2.44 bits per heavy atom. The Labute approximate surface area is 211 Å². The first-order valence-corrected chi connectivity index (χ1v) is 14.8. The lowest BCUT2D eigenvalue weighted by atomic mass is 9.47. The number of carbonyl (C=O) groups is 1. The van der Waals surface area contributed by atoms with Crippen LogP contribution in [0.2, 0.25) is 0 Å². The maximum atomic E-state index is 12.5. The van der Waals surface area contributed by atoms with E-state index in [-0.39, 0.29) is 12.1 Å². The third kappa shape index (κ3) is 4.78. The van der Waals surface area contributed by atoms with Crippen LogP contribution in [0.25, 0.3) is 0 Å². The summed E-state index contributed by atoms with van der Waals surface area (Å²) in [5.74, 6) is 5.22. The van der Waals surface area contributed by atoms with Crippen LogP contribution >= 0.6 is 0 Å². The molecule has 4 rings (SSSR count). The minimum atomic E-state index is -0.411. The number of fused-ring (bicyclic) bond motifs is 5. The number of esters is 1. The Morgan fingerprint density at radius 2 is 1.76 bits per heavy atom. The van der Waals surface area contributed by atoms with Gasteiger partial charge in [-0.25, -0.2) is 0 Å². The molecule has 2 nitrogen and oxygen atoms in total. The van der Waals surface area contributed by atoms with Crippen LogP contribution in [-0.4, -0.2) is 12.1 Å².